The van der Waals surface area contributed by atoms with Crippen LogP contribution in [0.5, 0.6) is 0 Å². The van der Waals surface area contributed by atoms with Crippen LogP contribution >= 0.6 is 0 Å². The first-order valence-corrected chi connectivity index (χ1v) is 5.33. The molecule has 5 heteroatoms. The maximum Gasteiger partial charge on any atom is 0.326 e. The fourth-order valence-corrected chi connectivity index (χ4v) is 1.50. The van der Waals surface area contributed by atoms with Crippen LogP contribution in [0.2, 0.25) is 0 Å². The van der Waals surface area contributed by atoms with Crippen molar-refractivity contribution < 1.29 is 14.7 Å². The van der Waals surface area contributed by atoms with Crippen molar-refractivity contribution in [2.24, 2.45) is 0 Å². The Morgan fingerprint density at radius 2 is 2.19 bits per heavy atom. The zero-order chi connectivity index (χ0) is 12.3. The van der Waals surface area contributed by atoms with Gasteiger partial charge in [-0.3, -0.25) is 0 Å². The number of urea groups is 1. The molecule has 5 nitrogen and oxygen atoms in total. The summed E-state index contributed by atoms with van der Waals surface area (Å²) in [5.41, 5.74) is 1.28. The van der Waals surface area contributed by atoms with Crippen molar-refractivity contribution in [2.75, 3.05) is 20.1 Å². The number of carbonyl (C=O) groups excluding carboxylic acids is 1. The number of carboxylic acid groups (broad SMARTS) is 1. The highest BCUT2D eigenvalue weighted by Crippen LogP contribution is 2.12. The molecule has 1 aliphatic heterocycles. The Hall–Kier alpha value is -1.52. The second-order valence-corrected chi connectivity index (χ2v) is 4.15. The summed E-state index contributed by atoms with van der Waals surface area (Å²) >= 11 is 0. The molecule has 0 saturated heterocycles. The molecule has 1 heterocycles. The topological polar surface area (TPSA) is 60.9 Å². The molecule has 1 aliphatic rings. The van der Waals surface area contributed by atoms with Gasteiger partial charge in [0, 0.05) is 20.1 Å². The molecular formula is C11H18N2O3. The van der Waals surface area contributed by atoms with Gasteiger partial charge in [0.2, 0.25) is 0 Å². The minimum Gasteiger partial charge on any atom is -0.480 e. The van der Waals surface area contributed by atoms with Gasteiger partial charge in [0.1, 0.15) is 6.04 Å². The van der Waals surface area contributed by atoms with Gasteiger partial charge in [-0.15, -0.1) is 0 Å². The van der Waals surface area contributed by atoms with E-state index in [0.717, 1.165) is 6.42 Å². The Bertz CT molecular complexity index is 325. The number of rotatable bonds is 2. The van der Waals surface area contributed by atoms with E-state index in [4.69, 9.17) is 5.11 Å². The van der Waals surface area contributed by atoms with E-state index in [1.54, 1.807) is 4.90 Å². The lowest BCUT2D eigenvalue weighted by atomic mass is 10.1. The summed E-state index contributed by atoms with van der Waals surface area (Å²) in [5, 5.41) is 8.82. The highest BCUT2D eigenvalue weighted by molar-refractivity contribution is 5.82. The molecule has 0 spiro atoms. The van der Waals surface area contributed by atoms with Crippen LogP contribution in [0.4, 0.5) is 4.79 Å². The molecule has 2 amide bonds. The first-order valence-electron chi connectivity index (χ1n) is 5.33. The molecule has 1 N–H and O–H groups in total. The van der Waals surface area contributed by atoms with Crippen molar-refractivity contribution in [3.05, 3.63) is 11.6 Å². The normalized spacial score (nSPS) is 17.7. The van der Waals surface area contributed by atoms with Crippen LogP contribution in [0.25, 0.3) is 0 Å². The zero-order valence-electron chi connectivity index (χ0n) is 9.93. The highest BCUT2D eigenvalue weighted by atomic mass is 16.4. The first-order chi connectivity index (χ1) is 7.43. The van der Waals surface area contributed by atoms with Crippen molar-refractivity contribution in [1.82, 2.24) is 9.80 Å². The lowest BCUT2D eigenvalue weighted by Gasteiger charge is -2.31. The van der Waals surface area contributed by atoms with E-state index in [2.05, 4.69) is 0 Å². The third-order valence-corrected chi connectivity index (χ3v) is 2.95. The van der Waals surface area contributed by atoms with Crippen LogP contribution in [0.1, 0.15) is 20.3 Å². The average Bonchev–Trinajstić information content (AvgIpc) is 2.27. The van der Waals surface area contributed by atoms with E-state index < -0.39 is 12.0 Å². The third kappa shape index (κ3) is 2.74. The molecule has 1 rings (SSSR count). The van der Waals surface area contributed by atoms with Crippen LogP contribution in [-0.4, -0.2) is 53.1 Å². The summed E-state index contributed by atoms with van der Waals surface area (Å²) in [6.07, 6.45) is 2.86. The van der Waals surface area contributed by atoms with Crippen molar-refractivity contribution in [3.8, 4) is 0 Å². The van der Waals surface area contributed by atoms with Crippen LogP contribution < -0.4 is 0 Å². The van der Waals surface area contributed by atoms with Gasteiger partial charge in [0.05, 0.1) is 0 Å². The number of likely N-dealkylation sites (N-methyl/N-ethyl adjacent to an activating group) is 1. The summed E-state index contributed by atoms with van der Waals surface area (Å²) in [4.78, 5) is 25.6. The minimum absolute atomic E-state index is 0.223. The quantitative estimate of drug-likeness (QED) is 0.719. The van der Waals surface area contributed by atoms with E-state index >= 15 is 0 Å². The maximum atomic E-state index is 11.9. The SMILES string of the molecule is CC1=CCN(C(=O)N(C)C(C)C(=O)O)CC1. The van der Waals surface area contributed by atoms with Crippen molar-refractivity contribution in [2.45, 2.75) is 26.3 Å². The Balaban J connectivity index is 2.61. The third-order valence-electron chi connectivity index (χ3n) is 2.95. The van der Waals surface area contributed by atoms with E-state index in [1.165, 1.54) is 24.4 Å². The van der Waals surface area contributed by atoms with Gasteiger partial charge in [-0.05, 0) is 20.3 Å². The molecule has 0 aliphatic carbocycles. The number of hydrogen-bond donors (Lipinski definition) is 1. The van der Waals surface area contributed by atoms with Crippen LogP contribution in [-0.2, 0) is 4.79 Å². The smallest absolute Gasteiger partial charge is 0.326 e. The molecule has 0 aromatic carbocycles. The van der Waals surface area contributed by atoms with E-state index in [1.807, 2.05) is 13.0 Å². The number of amides is 2. The Kier molecular flexibility index (Phi) is 3.93. The lowest BCUT2D eigenvalue weighted by molar-refractivity contribution is -0.141. The molecule has 90 valence electrons. The number of nitrogens with zero attached hydrogens (tertiary/aromatic N) is 2. The van der Waals surface area contributed by atoms with Gasteiger partial charge >= 0.3 is 12.0 Å². The molecule has 0 bridgehead atoms. The van der Waals surface area contributed by atoms with Crippen molar-refractivity contribution >= 4 is 12.0 Å². The van der Waals surface area contributed by atoms with Crippen LogP contribution in [0.15, 0.2) is 11.6 Å². The molecule has 1 atom stereocenters. The largest absolute Gasteiger partial charge is 0.480 e. The molecule has 0 fully saturated rings. The van der Waals surface area contributed by atoms with Crippen molar-refractivity contribution in [1.29, 1.82) is 0 Å². The highest BCUT2D eigenvalue weighted by Gasteiger charge is 2.26. The van der Waals surface area contributed by atoms with E-state index in [9.17, 15) is 9.59 Å². The monoisotopic (exact) mass is 226 g/mol. The summed E-state index contributed by atoms with van der Waals surface area (Å²) in [7, 11) is 1.52. The number of carboxylic acids is 1. The molecule has 16 heavy (non-hydrogen) atoms. The summed E-state index contributed by atoms with van der Waals surface area (Å²) in [5.74, 6) is -0.986. The van der Waals surface area contributed by atoms with Crippen LogP contribution in [0, 0.1) is 0 Å². The van der Waals surface area contributed by atoms with Gasteiger partial charge < -0.3 is 14.9 Å². The van der Waals surface area contributed by atoms with Gasteiger partial charge in [-0.2, -0.15) is 0 Å². The van der Waals surface area contributed by atoms with Gasteiger partial charge in [0.25, 0.3) is 0 Å². The molecule has 0 aromatic rings. The van der Waals surface area contributed by atoms with Crippen molar-refractivity contribution in [3.63, 3.8) is 0 Å². The fraction of sp³-hybridized carbons (Fsp3) is 0.636. The Morgan fingerprint density at radius 1 is 1.56 bits per heavy atom. The van der Waals surface area contributed by atoms with E-state index in [-0.39, 0.29) is 6.03 Å². The van der Waals surface area contributed by atoms with Gasteiger partial charge in [0.15, 0.2) is 0 Å². The Labute approximate surface area is 95.3 Å². The molecule has 1 unspecified atom stereocenters. The first kappa shape index (κ1) is 12.5. The van der Waals surface area contributed by atoms with Gasteiger partial charge in [-0.1, -0.05) is 11.6 Å². The molecule has 0 radical (unpaired) electrons. The second kappa shape index (κ2) is 5.01. The summed E-state index contributed by atoms with van der Waals surface area (Å²) < 4.78 is 0. The van der Waals surface area contributed by atoms with E-state index in [0.29, 0.717) is 13.1 Å². The standard InChI is InChI=1S/C11H18N2O3/c1-8-4-6-13(7-5-8)11(16)12(3)9(2)10(14)15/h4,9H,5-7H2,1-3H3,(H,14,15). The number of aliphatic carboxylic acids is 1. The average molecular weight is 226 g/mol. The molecular weight excluding hydrogens is 208 g/mol. The van der Waals surface area contributed by atoms with Crippen LogP contribution in [0.3, 0.4) is 0 Å². The number of hydrogen-bond acceptors (Lipinski definition) is 2. The number of carbonyl (C=O) groups is 2. The predicted molar refractivity (Wildman–Crippen MR) is 60.2 cm³/mol. The predicted octanol–water partition coefficient (Wildman–Crippen LogP) is 1.16. The summed E-state index contributed by atoms with van der Waals surface area (Å²) in [6.45, 7) is 4.77. The minimum atomic E-state index is -0.986. The fourth-order valence-electron chi connectivity index (χ4n) is 1.50. The zero-order valence-corrected chi connectivity index (χ0v) is 9.93. The second-order valence-electron chi connectivity index (χ2n) is 4.15. The van der Waals surface area contributed by atoms with Gasteiger partial charge in [-0.25, -0.2) is 9.59 Å². The summed E-state index contributed by atoms with van der Waals surface area (Å²) in [6, 6.07) is -1.02. The Morgan fingerprint density at radius 3 is 2.62 bits per heavy atom. The molecule has 0 saturated carbocycles. The maximum absolute atomic E-state index is 11.9. The lowest BCUT2D eigenvalue weighted by Crippen LogP contribution is -2.48. The molecule has 0 aromatic heterocycles.